The highest BCUT2D eigenvalue weighted by Crippen LogP contribution is 2.29. The number of urea groups is 1. The van der Waals surface area contributed by atoms with Crippen LogP contribution in [0.5, 0.6) is 0 Å². The van der Waals surface area contributed by atoms with E-state index >= 15 is 0 Å². The van der Waals surface area contributed by atoms with Gasteiger partial charge in [-0.3, -0.25) is 0 Å². The standard InChI is InChI=1S/C13H26N2O2/c1-3-15(4-2)13(17)14-9-11-7-5-6-8-12(11)10-16/h11-12,16H,3-10H2,1-2H3,(H,14,17). The van der Waals surface area contributed by atoms with Crippen molar-refractivity contribution >= 4 is 6.03 Å². The first-order valence-electron chi connectivity index (χ1n) is 6.86. The Kier molecular flexibility index (Phi) is 6.34. The topological polar surface area (TPSA) is 52.6 Å². The molecule has 0 aromatic carbocycles. The molecule has 2 atom stereocenters. The predicted molar refractivity (Wildman–Crippen MR) is 68.9 cm³/mol. The third kappa shape index (κ3) is 4.19. The van der Waals surface area contributed by atoms with Gasteiger partial charge in [-0.2, -0.15) is 0 Å². The molecule has 0 aromatic heterocycles. The molecule has 0 spiro atoms. The van der Waals surface area contributed by atoms with Crippen LogP contribution in [0.15, 0.2) is 0 Å². The van der Waals surface area contributed by atoms with Gasteiger partial charge in [0, 0.05) is 26.2 Å². The molecule has 17 heavy (non-hydrogen) atoms. The minimum absolute atomic E-state index is 0.0252. The molecule has 1 fully saturated rings. The van der Waals surface area contributed by atoms with Gasteiger partial charge in [0.25, 0.3) is 0 Å². The third-order valence-electron chi connectivity index (χ3n) is 3.87. The summed E-state index contributed by atoms with van der Waals surface area (Å²) < 4.78 is 0. The molecule has 0 aromatic rings. The smallest absolute Gasteiger partial charge is 0.317 e. The number of aliphatic hydroxyl groups excluding tert-OH is 1. The number of hydrogen-bond donors (Lipinski definition) is 2. The normalized spacial score (nSPS) is 24.4. The van der Waals surface area contributed by atoms with Crippen LogP contribution >= 0.6 is 0 Å². The first-order chi connectivity index (χ1) is 8.22. The van der Waals surface area contributed by atoms with E-state index in [1.54, 1.807) is 4.90 Å². The Bertz CT molecular complexity index is 229. The molecule has 1 aliphatic rings. The molecule has 2 N–H and O–H groups in total. The maximum Gasteiger partial charge on any atom is 0.317 e. The van der Waals surface area contributed by atoms with Crippen LogP contribution in [-0.2, 0) is 0 Å². The van der Waals surface area contributed by atoms with Crippen LogP contribution in [0.3, 0.4) is 0 Å². The molecule has 0 radical (unpaired) electrons. The Hall–Kier alpha value is -0.770. The number of rotatable bonds is 5. The largest absolute Gasteiger partial charge is 0.396 e. The molecule has 1 rings (SSSR count). The Morgan fingerprint density at radius 3 is 2.35 bits per heavy atom. The highest BCUT2D eigenvalue weighted by atomic mass is 16.3. The van der Waals surface area contributed by atoms with Crippen molar-refractivity contribution in [3.8, 4) is 0 Å². The lowest BCUT2D eigenvalue weighted by atomic mass is 9.80. The van der Waals surface area contributed by atoms with Gasteiger partial charge in [0.05, 0.1) is 0 Å². The summed E-state index contributed by atoms with van der Waals surface area (Å²) in [5.74, 6) is 0.828. The van der Waals surface area contributed by atoms with Gasteiger partial charge in [0.1, 0.15) is 0 Å². The molecule has 0 bridgehead atoms. The van der Waals surface area contributed by atoms with E-state index in [1.165, 1.54) is 12.8 Å². The SMILES string of the molecule is CCN(CC)C(=O)NCC1CCCCC1CO. The molecule has 1 aliphatic carbocycles. The number of nitrogens with one attached hydrogen (secondary N) is 1. The van der Waals surface area contributed by atoms with Crippen molar-refractivity contribution in [1.82, 2.24) is 10.2 Å². The van der Waals surface area contributed by atoms with Gasteiger partial charge in [-0.15, -0.1) is 0 Å². The van der Waals surface area contributed by atoms with E-state index in [1.807, 2.05) is 13.8 Å². The van der Waals surface area contributed by atoms with Crippen molar-refractivity contribution in [3.63, 3.8) is 0 Å². The lowest BCUT2D eigenvalue weighted by molar-refractivity contribution is 0.131. The molecule has 4 heteroatoms. The van der Waals surface area contributed by atoms with Crippen LogP contribution in [0.25, 0.3) is 0 Å². The average molecular weight is 242 g/mol. The van der Waals surface area contributed by atoms with Gasteiger partial charge >= 0.3 is 6.03 Å². The second-order valence-corrected chi connectivity index (χ2v) is 4.85. The molecule has 1 saturated carbocycles. The van der Waals surface area contributed by atoms with E-state index in [2.05, 4.69) is 5.32 Å². The summed E-state index contributed by atoms with van der Waals surface area (Å²) in [5.41, 5.74) is 0. The number of hydrogen-bond acceptors (Lipinski definition) is 2. The van der Waals surface area contributed by atoms with Crippen molar-refractivity contribution in [3.05, 3.63) is 0 Å². The second kappa shape index (κ2) is 7.54. The fourth-order valence-electron chi connectivity index (χ4n) is 2.63. The molecule has 2 unspecified atom stereocenters. The lowest BCUT2D eigenvalue weighted by Crippen LogP contribution is -2.43. The van der Waals surface area contributed by atoms with Crippen molar-refractivity contribution in [2.45, 2.75) is 39.5 Å². The van der Waals surface area contributed by atoms with Crippen LogP contribution in [0.1, 0.15) is 39.5 Å². The maximum atomic E-state index is 11.8. The van der Waals surface area contributed by atoms with Gasteiger partial charge in [-0.1, -0.05) is 12.8 Å². The van der Waals surface area contributed by atoms with Gasteiger partial charge in [0.2, 0.25) is 0 Å². The van der Waals surface area contributed by atoms with Crippen LogP contribution in [0, 0.1) is 11.8 Å². The van der Waals surface area contributed by atoms with Crippen molar-refractivity contribution in [1.29, 1.82) is 0 Å². The highest BCUT2D eigenvalue weighted by molar-refractivity contribution is 5.74. The first kappa shape index (κ1) is 14.3. The van der Waals surface area contributed by atoms with Crippen LogP contribution in [0.2, 0.25) is 0 Å². The van der Waals surface area contributed by atoms with E-state index in [0.717, 1.165) is 25.9 Å². The molecule has 0 aliphatic heterocycles. The summed E-state index contributed by atoms with van der Waals surface area (Å²) in [4.78, 5) is 13.6. The lowest BCUT2D eigenvalue weighted by Gasteiger charge is -2.31. The molecule has 100 valence electrons. The predicted octanol–water partition coefficient (Wildman–Crippen LogP) is 1.84. The highest BCUT2D eigenvalue weighted by Gasteiger charge is 2.25. The maximum absolute atomic E-state index is 11.8. The Morgan fingerprint density at radius 2 is 1.82 bits per heavy atom. The van der Waals surface area contributed by atoms with Crippen LogP contribution in [-0.4, -0.2) is 42.3 Å². The van der Waals surface area contributed by atoms with E-state index < -0.39 is 0 Å². The molecular formula is C13H26N2O2. The van der Waals surface area contributed by atoms with E-state index in [4.69, 9.17) is 0 Å². The Balaban J connectivity index is 2.35. The van der Waals surface area contributed by atoms with Gasteiger partial charge in [0.15, 0.2) is 0 Å². The zero-order valence-corrected chi connectivity index (χ0v) is 11.1. The number of nitrogens with zero attached hydrogens (tertiary/aromatic N) is 1. The van der Waals surface area contributed by atoms with E-state index in [-0.39, 0.29) is 12.6 Å². The van der Waals surface area contributed by atoms with Crippen LogP contribution in [0.4, 0.5) is 4.79 Å². The summed E-state index contributed by atoms with van der Waals surface area (Å²) in [6.07, 6.45) is 4.67. The average Bonchev–Trinajstić information content (AvgIpc) is 2.38. The summed E-state index contributed by atoms with van der Waals surface area (Å²) in [7, 11) is 0. The fraction of sp³-hybridized carbons (Fsp3) is 0.923. The molecule has 0 saturated heterocycles. The van der Waals surface area contributed by atoms with Crippen molar-refractivity contribution < 1.29 is 9.90 Å². The van der Waals surface area contributed by atoms with Crippen molar-refractivity contribution in [2.24, 2.45) is 11.8 Å². The summed E-state index contributed by atoms with van der Waals surface area (Å²) in [6.45, 7) is 6.43. The second-order valence-electron chi connectivity index (χ2n) is 4.85. The Morgan fingerprint density at radius 1 is 1.24 bits per heavy atom. The number of carbonyl (C=O) groups excluding carboxylic acids is 1. The van der Waals surface area contributed by atoms with Gasteiger partial charge in [-0.25, -0.2) is 4.79 Å². The Labute approximate surface area is 104 Å². The fourth-order valence-corrected chi connectivity index (χ4v) is 2.63. The summed E-state index contributed by atoms with van der Waals surface area (Å²) in [5, 5.41) is 12.3. The van der Waals surface area contributed by atoms with E-state index in [0.29, 0.717) is 18.4 Å². The summed E-state index contributed by atoms with van der Waals surface area (Å²) in [6, 6.07) is 0.0252. The van der Waals surface area contributed by atoms with Crippen LogP contribution < -0.4 is 5.32 Å². The molecular weight excluding hydrogens is 216 g/mol. The molecule has 0 heterocycles. The number of aliphatic hydroxyl groups is 1. The zero-order valence-electron chi connectivity index (χ0n) is 11.1. The van der Waals surface area contributed by atoms with Crippen molar-refractivity contribution in [2.75, 3.05) is 26.2 Å². The minimum atomic E-state index is 0.0252. The quantitative estimate of drug-likeness (QED) is 0.773. The van der Waals surface area contributed by atoms with E-state index in [9.17, 15) is 9.90 Å². The summed E-state index contributed by atoms with van der Waals surface area (Å²) >= 11 is 0. The molecule has 4 nitrogen and oxygen atoms in total. The van der Waals surface area contributed by atoms with Gasteiger partial charge < -0.3 is 15.3 Å². The minimum Gasteiger partial charge on any atom is -0.396 e. The third-order valence-corrected chi connectivity index (χ3v) is 3.87. The number of amides is 2. The van der Waals surface area contributed by atoms with Gasteiger partial charge in [-0.05, 0) is 38.5 Å². The first-order valence-corrected chi connectivity index (χ1v) is 6.86. The zero-order chi connectivity index (χ0) is 12.7. The monoisotopic (exact) mass is 242 g/mol. The number of carbonyl (C=O) groups is 1. The molecule has 2 amide bonds.